The fourth-order valence-corrected chi connectivity index (χ4v) is 4.08. The van der Waals surface area contributed by atoms with Crippen LogP contribution in [0.4, 0.5) is 11.4 Å². The first-order valence-electron chi connectivity index (χ1n) is 7.88. The van der Waals surface area contributed by atoms with Crippen molar-refractivity contribution in [2.45, 2.75) is 44.1 Å². The summed E-state index contributed by atoms with van der Waals surface area (Å²) in [4.78, 5) is 2.60. The molecule has 1 saturated carbocycles. The molecule has 1 nitrogen and oxygen atoms in total. The van der Waals surface area contributed by atoms with Gasteiger partial charge in [0.15, 0.2) is 0 Å². The van der Waals surface area contributed by atoms with E-state index in [0.717, 1.165) is 5.92 Å². The van der Waals surface area contributed by atoms with Gasteiger partial charge in [-0.1, -0.05) is 55.7 Å². The molecule has 0 N–H and O–H groups in total. The van der Waals surface area contributed by atoms with E-state index in [1.807, 2.05) is 0 Å². The average molecular weight is 263 g/mol. The van der Waals surface area contributed by atoms with Crippen molar-refractivity contribution in [2.75, 3.05) is 4.90 Å². The second-order valence-corrected chi connectivity index (χ2v) is 6.08. The van der Waals surface area contributed by atoms with Crippen molar-refractivity contribution in [3.63, 3.8) is 0 Å². The quantitative estimate of drug-likeness (QED) is 0.678. The van der Waals surface area contributed by atoms with Gasteiger partial charge < -0.3 is 4.90 Å². The highest BCUT2D eigenvalue weighted by Gasteiger charge is 2.38. The van der Waals surface area contributed by atoms with Gasteiger partial charge >= 0.3 is 0 Å². The number of fused-ring (bicyclic) bond motifs is 3. The standard InChI is InChI=1S/C19H21N/c1-3-9-15(10-4-1)20-18-13-6-2-5-11-16(18)17-12-7-8-14-19(17)20/h1,3-4,7-10,12,14,16,18H,2,5-6,11,13H2. The molecule has 20 heavy (non-hydrogen) atoms. The maximum atomic E-state index is 2.60. The molecule has 1 heterocycles. The first-order chi connectivity index (χ1) is 9.95. The van der Waals surface area contributed by atoms with Crippen molar-refractivity contribution in [2.24, 2.45) is 0 Å². The summed E-state index contributed by atoms with van der Waals surface area (Å²) < 4.78 is 0. The van der Waals surface area contributed by atoms with Crippen LogP contribution in [0.3, 0.4) is 0 Å². The molecule has 1 aliphatic heterocycles. The Bertz CT molecular complexity index is 590. The van der Waals surface area contributed by atoms with Crippen LogP contribution >= 0.6 is 0 Å². The Kier molecular flexibility index (Phi) is 2.99. The zero-order chi connectivity index (χ0) is 13.4. The zero-order valence-electron chi connectivity index (χ0n) is 11.8. The fourth-order valence-electron chi connectivity index (χ4n) is 4.08. The minimum atomic E-state index is 0.664. The topological polar surface area (TPSA) is 3.24 Å². The van der Waals surface area contributed by atoms with Gasteiger partial charge in [-0.25, -0.2) is 0 Å². The Labute approximate surface area is 121 Å². The highest BCUT2D eigenvalue weighted by Crippen LogP contribution is 2.49. The van der Waals surface area contributed by atoms with E-state index >= 15 is 0 Å². The van der Waals surface area contributed by atoms with Crippen LogP contribution in [0.1, 0.15) is 43.6 Å². The molecule has 1 fully saturated rings. The summed E-state index contributed by atoms with van der Waals surface area (Å²) >= 11 is 0. The number of nitrogens with zero attached hydrogens (tertiary/aromatic N) is 1. The lowest BCUT2D eigenvalue weighted by Crippen LogP contribution is -2.29. The van der Waals surface area contributed by atoms with E-state index in [0.29, 0.717) is 6.04 Å². The van der Waals surface area contributed by atoms with Gasteiger partial charge in [0.2, 0.25) is 0 Å². The molecule has 1 aliphatic carbocycles. The van der Waals surface area contributed by atoms with Crippen LogP contribution in [0.15, 0.2) is 54.6 Å². The van der Waals surface area contributed by atoms with Crippen LogP contribution in [0.2, 0.25) is 0 Å². The molecule has 2 atom stereocenters. The van der Waals surface area contributed by atoms with E-state index in [1.54, 1.807) is 5.56 Å². The van der Waals surface area contributed by atoms with Crippen molar-refractivity contribution in [1.29, 1.82) is 0 Å². The summed E-state index contributed by atoms with van der Waals surface area (Å²) in [6.07, 6.45) is 6.84. The molecule has 0 saturated heterocycles. The van der Waals surface area contributed by atoms with Gasteiger partial charge in [-0.15, -0.1) is 0 Å². The Morgan fingerprint density at radius 2 is 1.50 bits per heavy atom. The first-order valence-corrected chi connectivity index (χ1v) is 7.88. The Morgan fingerprint density at radius 3 is 2.40 bits per heavy atom. The van der Waals surface area contributed by atoms with Crippen LogP contribution < -0.4 is 4.90 Å². The maximum absolute atomic E-state index is 2.60. The van der Waals surface area contributed by atoms with Gasteiger partial charge in [-0.2, -0.15) is 0 Å². The highest BCUT2D eigenvalue weighted by molar-refractivity contribution is 5.72. The molecule has 2 aromatic rings. The molecule has 2 aromatic carbocycles. The van der Waals surface area contributed by atoms with Crippen molar-refractivity contribution < 1.29 is 0 Å². The molecular formula is C19H21N. The summed E-state index contributed by atoms with van der Waals surface area (Å²) in [6.45, 7) is 0. The number of rotatable bonds is 1. The molecule has 0 amide bonds. The zero-order valence-corrected chi connectivity index (χ0v) is 11.8. The van der Waals surface area contributed by atoms with Crippen LogP contribution in [0, 0.1) is 0 Å². The summed E-state index contributed by atoms with van der Waals surface area (Å²) in [6, 6.07) is 20.6. The van der Waals surface area contributed by atoms with Crippen LogP contribution in [-0.2, 0) is 0 Å². The SMILES string of the molecule is c1ccc(N2c3ccccc3C3CCCCCC32)cc1. The lowest BCUT2D eigenvalue weighted by atomic mass is 9.91. The first kappa shape index (κ1) is 12.0. The maximum Gasteiger partial charge on any atom is 0.0449 e. The Morgan fingerprint density at radius 1 is 0.750 bits per heavy atom. The molecule has 1 heteroatoms. The van der Waals surface area contributed by atoms with Gasteiger partial charge in [-0.05, 0) is 36.6 Å². The molecular weight excluding hydrogens is 242 g/mol. The van der Waals surface area contributed by atoms with Gasteiger partial charge in [0.05, 0.1) is 0 Å². The summed E-state index contributed by atoms with van der Waals surface area (Å²) in [5.74, 6) is 0.730. The van der Waals surface area contributed by atoms with Crippen molar-refractivity contribution in [1.82, 2.24) is 0 Å². The number of para-hydroxylation sites is 2. The van der Waals surface area contributed by atoms with E-state index in [-0.39, 0.29) is 0 Å². The number of anilines is 2. The monoisotopic (exact) mass is 263 g/mol. The van der Waals surface area contributed by atoms with Crippen LogP contribution in [-0.4, -0.2) is 6.04 Å². The molecule has 102 valence electrons. The number of hydrogen-bond acceptors (Lipinski definition) is 1. The van der Waals surface area contributed by atoms with E-state index < -0.39 is 0 Å². The lowest BCUT2D eigenvalue weighted by Gasteiger charge is -2.29. The van der Waals surface area contributed by atoms with Crippen LogP contribution in [0.5, 0.6) is 0 Å². The summed E-state index contributed by atoms with van der Waals surface area (Å²) in [7, 11) is 0. The molecule has 2 unspecified atom stereocenters. The minimum absolute atomic E-state index is 0.664. The smallest absolute Gasteiger partial charge is 0.0449 e. The van der Waals surface area contributed by atoms with Gasteiger partial charge in [0, 0.05) is 23.3 Å². The molecule has 0 spiro atoms. The van der Waals surface area contributed by atoms with Gasteiger partial charge in [-0.3, -0.25) is 0 Å². The van der Waals surface area contributed by atoms with E-state index in [1.165, 1.54) is 43.5 Å². The molecule has 2 aliphatic rings. The molecule has 0 bridgehead atoms. The molecule has 0 radical (unpaired) electrons. The van der Waals surface area contributed by atoms with E-state index in [4.69, 9.17) is 0 Å². The lowest BCUT2D eigenvalue weighted by molar-refractivity contribution is 0.529. The predicted molar refractivity (Wildman–Crippen MR) is 84.6 cm³/mol. The van der Waals surface area contributed by atoms with Crippen molar-refractivity contribution in [3.8, 4) is 0 Å². The summed E-state index contributed by atoms with van der Waals surface area (Å²) in [5.41, 5.74) is 4.37. The molecule has 4 rings (SSSR count). The number of benzene rings is 2. The van der Waals surface area contributed by atoms with E-state index in [2.05, 4.69) is 59.5 Å². The van der Waals surface area contributed by atoms with Gasteiger partial charge in [0.1, 0.15) is 0 Å². The average Bonchev–Trinajstić information content (AvgIpc) is 2.65. The normalized spacial score (nSPS) is 24.9. The van der Waals surface area contributed by atoms with Crippen LogP contribution in [0.25, 0.3) is 0 Å². The molecule has 0 aromatic heterocycles. The summed E-state index contributed by atoms with van der Waals surface area (Å²) in [5, 5.41) is 0. The third kappa shape index (κ3) is 1.84. The third-order valence-electron chi connectivity index (χ3n) is 4.94. The van der Waals surface area contributed by atoms with E-state index in [9.17, 15) is 0 Å². The fraction of sp³-hybridized carbons (Fsp3) is 0.368. The largest absolute Gasteiger partial charge is 0.338 e. The minimum Gasteiger partial charge on any atom is -0.338 e. The predicted octanol–water partition coefficient (Wildman–Crippen LogP) is 5.25. The highest BCUT2D eigenvalue weighted by atomic mass is 15.2. The number of hydrogen-bond donors (Lipinski definition) is 0. The second kappa shape index (κ2) is 4.97. The Balaban J connectivity index is 1.84. The van der Waals surface area contributed by atoms with Gasteiger partial charge in [0.25, 0.3) is 0 Å². The van der Waals surface area contributed by atoms with Crippen molar-refractivity contribution >= 4 is 11.4 Å². The third-order valence-corrected chi connectivity index (χ3v) is 4.94. The van der Waals surface area contributed by atoms with Crippen molar-refractivity contribution in [3.05, 3.63) is 60.2 Å². The second-order valence-electron chi connectivity index (χ2n) is 6.08. The Hall–Kier alpha value is -1.76.